The maximum atomic E-state index is 12.4. The summed E-state index contributed by atoms with van der Waals surface area (Å²) in [4.78, 5) is 36.2. The van der Waals surface area contributed by atoms with E-state index in [4.69, 9.17) is 4.74 Å². The van der Waals surface area contributed by atoms with Crippen LogP contribution in [-0.4, -0.2) is 49.6 Å². The standard InChI is InChI=1S/C18H31N3O4/c1-5-25-18(24)13(4)9-11-20-17(23)15(12(2)3)21-16(22)14-8-6-7-10-19-14/h9,12,14-15,19H,5-8,10-11H2,1-4H3,(H,20,23)(H,21,22)/b13-9+. The molecule has 142 valence electrons. The third-order valence-electron chi connectivity index (χ3n) is 4.16. The fourth-order valence-electron chi connectivity index (χ4n) is 2.61. The Kier molecular flexibility index (Phi) is 9.20. The molecule has 1 aliphatic rings. The van der Waals surface area contributed by atoms with Crippen molar-refractivity contribution in [1.82, 2.24) is 16.0 Å². The van der Waals surface area contributed by atoms with Gasteiger partial charge in [0.05, 0.1) is 12.6 Å². The zero-order valence-corrected chi connectivity index (χ0v) is 15.7. The SMILES string of the molecule is CCOC(=O)/C(C)=C/CNC(=O)C(NC(=O)C1CCCCN1)C(C)C. The van der Waals surface area contributed by atoms with Crippen molar-refractivity contribution in [1.29, 1.82) is 0 Å². The first-order chi connectivity index (χ1) is 11.9. The van der Waals surface area contributed by atoms with Gasteiger partial charge in [-0.3, -0.25) is 9.59 Å². The Bertz CT molecular complexity index is 497. The zero-order chi connectivity index (χ0) is 18.8. The number of piperidine rings is 1. The molecular weight excluding hydrogens is 322 g/mol. The normalized spacial score (nSPS) is 19.2. The van der Waals surface area contributed by atoms with Gasteiger partial charge in [-0.25, -0.2) is 4.79 Å². The Hall–Kier alpha value is -1.89. The van der Waals surface area contributed by atoms with Crippen molar-refractivity contribution in [2.24, 2.45) is 5.92 Å². The molecule has 25 heavy (non-hydrogen) atoms. The molecule has 2 unspecified atom stereocenters. The largest absolute Gasteiger partial charge is 0.463 e. The maximum Gasteiger partial charge on any atom is 0.333 e. The molecule has 1 heterocycles. The van der Waals surface area contributed by atoms with Crippen molar-refractivity contribution in [3.63, 3.8) is 0 Å². The molecular formula is C18H31N3O4. The van der Waals surface area contributed by atoms with Crippen LogP contribution in [-0.2, 0) is 19.1 Å². The second-order valence-electron chi connectivity index (χ2n) is 6.59. The molecule has 0 saturated carbocycles. The first kappa shape index (κ1) is 21.2. The summed E-state index contributed by atoms with van der Waals surface area (Å²) in [6.45, 7) is 8.51. The number of hydrogen-bond donors (Lipinski definition) is 3. The summed E-state index contributed by atoms with van der Waals surface area (Å²) in [6.07, 6.45) is 4.49. The van der Waals surface area contributed by atoms with Gasteiger partial charge in [0.1, 0.15) is 6.04 Å². The van der Waals surface area contributed by atoms with Gasteiger partial charge in [-0.05, 0) is 39.2 Å². The summed E-state index contributed by atoms with van der Waals surface area (Å²) in [5.74, 6) is -0.824. The van der Waals surface area contributed by atoms with E-state index < -0.39 is 12.0 Å². The third-order valence-corrected chi connectivity index (χ3v) is 4.16. The Balaban J connectivity index is 2.54. The molecule has 0 aromatic rings. The van der Waals surface area contributed by atoms with E-state index in [1.807, 2.05) is 13.8 Å². The van der Waals surface area contributed by atoms with Crippen molar-refractivity contribution in [2.45, 2.75) is 59.0 Å². The van der Waals surface area contributed by atoms with Crippen LogP contribution in [0, 0.1) is 5.92 Å². The lowest BCUT2D eigenvalue weighted by Crippen LogP contribution is -2.55. The first-order valence-corrected chi connectivity index (χ1v) is 9.02. The number of amides is 2. The molecule has 1 fully saturated rings. The minimum Gasteiger partial charge on any atom is -0.463 e. The van der Waals surface area contributed by atoms with Gasteiger partial charge < -0.3 is 20.7 Å². The lowest BCUT2D eigenvalue weighted by molar-refractivity contribution is -0.138. The van der Waals surface area contributed by atoms with E-state index in [1.165, 1.54) is 0 Å². The predicted molar refractivity (Wildman–Crippen MR) is 95.8 cm³/mol. The number of esters is 1. The number of carbonyl (C=O) groups is 3. The van der Waals surface area contributed by atoms with Crippen LogP contribution in [0.15, 0.2) is 11.6 Å². The number of nitrogens with one attached hydrogen (secondary N) is 3. The number of hydrogen-bond acceptors (Lipinski definition) is 5. The number of rotatable bonds is 8. The fraction of sp³-hybridized carbons (Fsp3) is 0.722. The van der Waals surface area contributed by atoms with E-state index in [0.29, 0.717) is 12.2 Å². The molecule has 0 radical (unpaired) electrons. The lowest BCUT2D eigenvalue weighted by atomic mass is 10.0. The van der Waals surface area contributed by atoms with Gasteiger partial charge in [0, 0.05) is 12.1 Å². The van der Waals surface area contributed by atoms with Crippen LogP contribution < -0.4 is 16.0 Å². The van der Waals surface area contributed by atoms with E-state index in [1.54, 1.807) is 19.9 Å². The predicted octanol–water partition coefficient (Wildman–Crippen LogP) is 0.895. The smallest absolute Gasteiger partial charge is 0.333 e. The minimum atomic E-state index is -0.604. The van der Waals surface area contributed by atoms with Gasteiger partial charge >= 0.3 is 5.97 Å². The molecule has 1 aliphatic heterocycles. The van der Waals surface area contributed by atoms with Crippen molar-refractivity contribution in [2.75, 3.05) is 19.7 Å². The molecule has 2 amide bonds. The molecule has 1 rings (SSSR count). The summed E-state index contributed by atoms with van der Waals surface area (Å²) in [6, 6.07) is -0.832. The molecule has 1 saturated heterocycles. The summed E-state index contributed by atoms with van der Waals surface area (Å²) < 4.78 is 4.88. The topological polar surface area (TPSA) is 96.5 Å². The van der Waals surface area contributed by atoms with Gasteiger partial charge in [-0.1, -0.05) is 26.3 Å². The monoisotopic (exact) mass is 353 g/mol. The van der Waals surface area contributed by atoms with Crippen LogP contribution in [0.4, 0.5) is 0 Å². The van der Waals surface area contributed by atoms with Gasteiger partial charge in [-0.15, -0.1) is 0 Å². The van der Waals surface area contributed by atoms with Crippen molar-refractivity contribution < 1.29 is 19.1 Å². The van der Waals surface area contributed by atoms with Crippen LogP contribution in [0.2, 0.25) is 0 Å². The quantitative estimate of drug-likeness (QED) is 0.445. The summed E-state index contributed by atoms with van der Waals surface area (Å²) in [7, 11) is 0. The number of carbonyl (C=O) groups excluding carboxylic acids is 3. The van der Waals surface area contributed by atoms with Crippen LogP contribution in [0.5, 0.6) is 0 Å². The molecule has 0 spiro atoms. The van der Waals surface area contributed by atoms with E-state index in [9.17, 15) is 14.4 Å². The van der Waals surface area contributed by atoms with Crippen molar-refractivity contribution >= 4 is 17.8 Å². The summed E-state index contributed by atoms with van der Waals surface area (Å²) in [5.41, 5.74) is 0.443. The average Bonchev–Trinajstić information content (AvgIpc) is 2.59. The van der Waals surface area contributed by atoms with Gasteiger partial charge in [0.2, 0.25) is 11.8 Å². The molecule has 0 aliphatic carbocycles. The molecule has 0 aromatic heterocycles. The van der Waals surface area contributed by atoms with Crippen molar-refractivity contribution in [3.8, 4) is 0 Å². The Morgan fingerprint density at radius 2 is 2.00 bits per heavy atom. The van der Waals surface area contributed by atoms with E-state index in [-0.39, 0.29) is 30.3 Å². The highest BCUT2D eigenvalue weighted by atomic mass is 16.5. The van der Waals surface area contributed by atoms with Crippen LogP contribution in [0.25, 0.3) is 0 Å². The molecule has 7 heteroatoms. The zero-order valence-electron chi connectivity index (χ0n) is 15.7. The number of ether oxygens (including phenoxy) is 1. The van der Waals surface area contributed by atoms with E-state index >= 15 is 0 Å². The maximum absolute atomic E-state index is 12.4. The highest BCUT2D eigenvalue weighted by molar-refractivity contribution is 5.90. The highest BCUT2D eigenvalue weighted by Gasteiger charge is 2.28. The summed E-state index contributed by atoms with van der Waals surface area (Å²) in [5, 5.41) is 8.76. The minimum absolute atomic E-state index is 0.0392. The molecule has 3 N–H and O–H groups in total. The third kappa shape index (κ3) is 7.25. The first-order valence-electron chi connectivity index (χ1n) is 9.02. The van der Waals surface area contributed by atoms with E-state index in [2.05, 4.69) is 16.0 Å². The average molecular weight is 353 g/mol. The van der Waals surface area contributed by atoms with Gasteiger partial charge in [0.15, 0.2) is 0 Å². The molecule has 2 atom stereocenters. The van der Waals surface area contributed by atoms with Crippen LogP contribution in [0.3, 0.4) is 0 Å². The van der Waals surface area contributed by atoms with Crippen LogP contribution in [0.1, 0.15) is 47.0 Å². The second kappa shape index (κ2) is 10.9. The highest BCUT2D eigenvalue weighted by Crippen LogP contribution is 2.09. The lowest BCUT2D eigenvalue weighted by Gasteiger charge is -2.27. The van der Waals surface area contributed by atoms with Crippen LogP contribution >= 0.6 is 0 Å². The van der Waals surface area contributed by atoms with E-state index in [0.717, 1.165) is 25.8 Å². The second-order valence-corrected chi connectivity index (χ2v) is 6.59. The molecule has 0 aromatic carbocycles. The Morgan fingerprint density at radius 3 is 2.56 bits per heavy atom. The fourth-order valence-corrected chi connectivity index (χ4v) is 2.61. The van der Waals surface area contributed by atoms with Gasteiger partial charge in [0.25, 0.3) is 0 Å². The van der Waals surface area contributed by atoms with Gasteiger partial charge in [-0.2, -0.15) is 0 Å². The summed E-state index contributed by atoms with van der Waals surface area (Å²) >= 11 is 0. The Labute approximate surface area is 149 Å². The molecule has 7 nitrogen and oxygen atoms in total. The molecule has 0 bridgehead atoms. The Morgan fingerprint density at radius 1 is 1.28 bits per heavy atom. The van der Waals surface area contributed by atoms with Crippen molar-refractivity contribution in [3.05, 3.63) is 11.6 Å².